The van der Waals surface area contributed by atoms with Gasteiger partial charge in [-0.1, -0.05) is 23.4 Å². The van der Waals surface area contributed by atoms with Gasteiger partial charge < -0.3 is 20.1 Å². The number of hydrogen-bond donors (Lipinski definition) is 1. The third kappa shape index (κ3) is 6.85. The Labute approximate surface area is 220 Å². The molecule has 0 unspecified atom stereocenters. The van der Waals surface area contributed by atoms with Crippen LogP contribution in [0.2, 0.25) is 5.02 Å². The molecule has 0 saturated carbocycles. The average molecular weight is 579 g/mol. The van der Waals surface area contributed by atoms with Crippen LogP contribution in [0.5, 0.6) is 5.88 Å². The van der Waals surface area contributed by atoms with E-state index in [4.69, 9.17) is 31.7 Å². The van der Waals surface area contributed by atoms with Gasteiger partial charge in [-0.25, -0.2) is 28.2 Å². The van der Waals surface area contributed by atoms with Crippen molar-refractivity contribution in [2.75, 3.05) is 32.3 Å². The molecule has 0 aliphatic rings. The van der Waals surface area contributed by atoms with Crippen molar-refractivity contribution in [2.45, 2.75) is 22.9 Å². The van der Waals surface area contributed by atoms with Crippen molar-refractivity contribution < 1.29 is 36.6 Å². The number of rotatable bonds is 10. The van der Waals surface area contributed by atoms with Gasteiger partial charge >= 0.3 is 17.8 Å². The fourth-order valence-electron chi connectivity index (χ4n) is 2.97. The summed E-state index contributed by atoms with van der Waals surface area (Å²) in [7, 11) is 0. The maximum atomic E-state index is 14.8. The zero-order chi connectivity index (χ0) is 28.0. The van der Waals surface area contributed by atoms with Gasteiger partial charge in [-0.15, -0.1) is 0 Å². The largest absolute Gasteiger partial charge is 0.465 e. The van der Waals surface area contributed by atoms with E-state index in [2.05, 4.69) is 4.98 Å². The molecule has 0 aliphatic heterocycles. The number of hydrogen-bond acceptors (Lipinski definition) is 9. The van der Waals surface area contributed by atoms with Crippen LogP contribution in [0.15, 0.2) is 55.9 Å². The Morgan fingerprint density at radius 3 is 2.61 bits per heavy atom. The SMILES string of the molecule is CCOCCOC(=O)COc1ncccc1Sc1cc(-n2c(=O)cc(C(F)(F)F)n(N)c2=O)c(F)cc1Cl. The Hall–Kier alpha value is -3.56. The number of aromatic nitrogens is 3. The van der Waals surface area contributed by atoms with Crippen molar-refractivity contribution in [3.05, 3.63) is 73.9 Å². The van der Waals surface area contributed by atoms with Gasteiger partial charge in [0, 0.05) is 23.8 Å². The lowest BCUT2D eigenvalue weighted by molar-refractivity contribution is -0.147. The molecule has 0 fully saturated rings. The minimum absolute atomic E-state index is 0.0165. The fourth-order valence-corrected chi connectivity index (χ4v) is 4.15. The highest BCUT2D eigenvalue weighted by molar-refractivity contribution is 7.99. The number of nitrogens with zero attached hydrogens (tertiary/aromatic N) is 3. The summed E-state index contributed by atoms with van der Waals surface area (Å²) in [6.07, 6.45) is -3.72. The van der Waals surface area contributed by atoms with E-state index >= 15 is 0 Å². The molecule has 0 saturated heterocycles. The van der Waals surface area contributed by atoms with Gasteiger partial charge in [-0.3, -0.25) is 4.79 Å². The zero-order valence-electron chi connectivity index (χ0n) is 19.5. The highest BCUT2D eigenvalue weighted by Crippen LogP contribution is 2.39. The minimum atomic E-state index is -5.10. The van der Waals surface area contributed by atoms with Crippen LogP contribution in [0.1, 0.15) is 12.6 Å². The van der Waals surface area contributed by atoms with Gasteiger partial charge in [-0.2, -0.15) is 13.2 Å². The Morgan fingerprint density at radius 1 is 1.18 bits per heavy atom. The average Bonchev–Trinajstić information content (AvgIpc) is 2.85. The molecule has 0 aliphatic carbocycles. The number of halogens is 5. The summed E-state index contributed by atoms with van der Waals surface area (Å²) in [5.74, 6) is 3.37. The van der Waals surface area contributed by atoms with Crippen molar-refractivity contribution in [3.63, 3.8) is 0 Å². The van der Waals surface area contributed by atoms with Crippen LogP contribution in [0, 0.1) is 5.82 Å². The van der Waals surface area contributed by atoms with Gasteiger partial charge in [0.15, 0.2) is 12.3 Å². The lowest BCUT2D eigenvalue weighted by atomic mass is 10.3. The van der Waals surface area contributed by atoms with E-state index in [1.54, 1.807) is 6.92 Å². The number of carbonyl (C=O) groups is 1. The van der Waals surface area contributed by atoms with Crippen LogP contribution in [0.4, 0.5) is 17.6 Å². The third-order valence-electron chi connectivity index (χ3n) is 4.65. The van der Waals surface area contributed by atoms with Crippen LogP contribution in [0.25, 0.3) is 5.69 Å². The summed E-state index contributed by atoms with van der Waals surface area (Å²) >= 11 is 7.01. The molecule has 204 valence electrons. The van der Waals surface area contributed by atoms with E-state index in [1.165, 1.54) is 18.3 Å². The highest BCUT2D eigenvalue weighted by atomic mass is 35.5. The van der Waals surface area contributed by atoms with E-state index < -0.39 is 47.2 Å². The Morgan fingerprint density at radius 2 is 1.92 bits per heavy atom. The molecule has 3 rings (SSSR count). The van der Waals surface area contributed by atoms with Crippen molar-refractivity contribution in [1.29, 1.82) is 0 Å². The summed E-state index contributed by atoms with van der Waals surface area (Å²) in [5, 5.41) is -0.158. The molecule has 1 aromatic carbocycles. The number of esters is 1. The minimum Gasteiger partial charge on any atom is -0.465 e. The van der Waals surface area contributed by atoms with E-state index in [-0.39, 0.29) is 44.3 Å². The third-order valence-corrected chi connectivity index (χ3v) is 6.16. The number of carbonyl (C=O) groups excluding carboxylic acids is 1. The van der Waals surface area contributed by atoms with Gasteiger partial charge in [0.05, 0.1) is 22.2 Å². The van der Waals surface area contributed by atoms with E-state index in [0.717, 1.165) is 23.9 Å². The summed E-state index contributed by atoms with van der Waals surface area (Å²) in [6.45, 7) is 2.01. The molecule has 2 aromatic heterocycles. The van der Waals surface area contributed by atoms with Gasteiger partial charge in [0.1, 0.15) is 12.4 Å². The number of ether oxygens (including phenoxy) is 3. The van der Waals surface area contributed by atoms with E-state index in [1.807, 2.05) is 0 Å². The normalized spacial score (nSPS) is 11.4. The first-order valence-electron chi connectivity index (χ1n) is 10.6. The summed E-state index contributed by atoms with van der Waals surface area (Å²) in [4.78, 5) is 41.2. The molecule has 2 N–H and O–H groups in total. The lowest BCUT2D eigenvalue weighted by Crippen LogP contribution is -2.45. The van der Waals surface area contributed by atoms with Crippen LogP contribution in [0.3, 0.4) is 0 Å². The quantitative estimate of drug-likeness (QED) is 0.167. The zero-order valence-corrected chi connectivity index (χ0v) is 21.0. The van der Waals surface area contributed by atoms with Crippen LogP contribution in [-0.2, 0) is 20.4 Å². The maximum Gasteiger partial charge on any atom is 0.433 e. The molecular formula is C22H19ClF4N4O6S. The summed E-state index contributed by atoms with van der Waals surface area (Å²) in [6, 6.07) is 4.89. The molecule has 16 heteroatoms. The molecule has 10 nitrogen and oxygen atoms in total. The monoisotopic (exact) mass is 578 g/mol. The lowest BCUT2D eigenvalue weighted by Gasteiger charge is -2.15. The van der Waals surface area contributed by atoms with Crippen LogP contribution in [-0.4, -0.2) is 46.6 Å². The molecule has 2 heterocycles. The number of benzene rings is 1. The predicted molar refractivity (Wildman–Crippen MR) is 128 cm³/mol. The first-order valence-corrected chi connectivity index (χ1v) is 11.8. The highest BCUT2D eigenvalue weighted by Gasteiger charge is 2.36. The molecule has 0 radical (unpaired) electrons. The van der Waals surface area contributed by atoms with Crippen LogP contribution < -0.4 is 21.8 Å². The molecule has 0 atom stereocenters. The van der Waals surface area contributed by atoms with Crippen molar-refractivity contribution in [2.24, 2.45) is 0 Å². The van der Waals surface area contributed by atoms with Crippen molar-refractivity contribution in [1.82, 2.24) is 14.2 Å². The molecule has 0 spiro atoms. The van der Waals surface area contributed by atoms with Gasteiger partial charge in [0.2, 0.25) is 5.88 Å². The number of nitrogen functional groups attached to an aromatic ring is 1. The van der Waals surface area contributed by atoms with E-state index in [0.29, 0.717) is 11.5 Å². The van der Waals surface area contributed by atoms with Gasteiger partial charge in [0.25, 0.3) is 5.56 Å². The standard InChI is InChI=1S/C22H19ClF4N4O6S/c1-2-35-6-7-36-19(33)11-37-20-15(4-3-5-29-20)38-16-9-14(13(24)8-12(16)23)30-18(32)10-17(22(25,26)27)31(28)21(30)34/h3-5,8-10H,2,6-7,11,28H2,1H3. The van der Waals surface area contributed by atoms with Gasteiger partial charge in [-0.05, 0) is 31.2 Å². The molecule has 0 amide bonds. The maximum absolute atomic E-state index is 14.8. The van der Waals surface area contributed by atoms with Crippen molar-refractivity contribution >= 4 is 29.3 Å². The molecule has 0 bridgehead atoms. The summed E-state index contributed by atoms with van der Waals surface area (Å²) < 4.78 is 69.3. The Bertz CT molecular complexity index is 1450. The molecular weight excluding hydrogens is 560 g/mol. The predicted octanol–water partition coefficient (Wildman–Crippen LogP) is 3.03. The number of nitrogens with two attached hydrogens (primary N) is 1. The second-order valence-corrected chi connectivity index (χ2v) is 8.69. The molecule has 3 aromatic rings. The smallest absolute Gasteiger partial charge is 0.433 e. The first kappa shape index (κ1) is 29.0. The van der Waals surface area contributed by atoms with Crippen molar-refractivity contribution in [3.8, 4) is 11.6 Å². The fraction of sp³-hybridized carbons (Fsp3) is 0.273. The second-order valence-electron chi connectivity index (χ2n) is 7.20. The topological polar surface area (TPSA) is 128 Å². The Balaban J connectivity index is 1.91. The molecule has 38 heavy (non-hydrogen) atoms. The number of pyridine rings is 1. The van der Waals surface area contributed by atoms with E-state index in [9.17, 15) is 31.9 Å². The first-order chi connectivity index (χ1) is 17.9. The Kier molecular flexibility index (Phi) is 9.40. The summed E-state index contributed by atoms with van der Waals surface area (Å²) in [5.41, 5.74) is -5.49. The number of alkyl halides is 3. The second kappa shape index (κ2) is 12.3. The van der Waals surface area contributed by atoms with Crippen LogP contribution >= 0.6 is 23.4 Å².